The largest absolute Gasteiger partial charge is 0.367 e. The highest BCUT2D eigenvalue weighted by Gasteiger charge is 2.23. The van der Waals surface area contributed by atoms with Gasteiger partial charge in [-0.05, 0) is 29.8 Å². The highest BCUT2D eigenvalue weighted by molar-refractivity contribution is 6.31. The highest BCUT2D eigenvalue weighted by atomic mass is 35.5. The van der Waals surface area contributed by atoms with Crippen LogP contribution in [0.5, 0.6) is 0 Å². The van der Waals surface area contributed by atoms with Crippen LogP contribution < -0.4 is 4.90 Å². The second-order valence-corrected chi connectivity index (χ2v) is 7.03. The molecule has 2 aromatic carbocycles. The average molecular weight is 384 g/mol. The Morgan fingerprint density at radius 1 is 1.07 bits per heavy atom. The van der Waals surface area contributed by atoms with E-state index in [-0.39, 0.29) is 11.7 Å². The topological polar surface area (TPSA) is 36.4 Å². The Balaban J connectivity index is 1.45. The Bertz CT molecular complexity index is 986. The Hall–Kier alpha value is -2.66. The third-order valence-corrected chi connectivity index (χ3v) is 5.32. The van der Waals surface area contributed by atoms with Crippen LogP contribution in [0.3, 0.4) is 0 Å². The molecule has 3 aromatic rings. The van der Waals surface area contributed by atoms with Crippen molar-refractivity contribution < 1.29 is 9.18 Å². The Morgan fingerprint density at radius 3 is 2.63 bits per heavy atom. The lowest BCUT2D eigenvalue weighted by Crippen LogP contribution is -2.49. The number of hydrogen-bond acceptors (Lipinski definition) is 3. The van der Waals surface area contributed by atoms with Gasteiger partial charge in [0.2, 0.25) is 5.91 Å². The quantitative estimate of drug-likeness (QED) is 0.687. The number of anilines is 1. The smallest absolute Gasteiger partial charge is 0.227 e. The van der Waals surface area contributed by atoms with Gasteiger partial charge in [-0.2, -0.15) is 0 Å². The summed E-state index contributed by atoms with van der Waals surface area (Å²) in [7, 11) is 0. The van der Waals surface area contributed by atoms with Crippen LogP contribution in [0.15, 0.2) is 54.7 Å². The molecule has 2 heterocycles. The number of amides is 1. The number of carbonyl (C=O) groups excluding carboxylic acids is 1. The van der Waals surface area contributed by atoms with E-state index in [4.69, 9.17) is 11.6 Å². The molecule has 0 spiro atoms. The van der Waals surface area contributed by atoms with Gasteiger partial charge in [-0.15, -0.1) is 0 Å². The number of nitrogens with zero attached hydrogens (tertiary/aromatic N) is 3. The molecule has 27 heavy (non-hydrogen) atoms. The number of carbonyl (C=O) groups is 1. The number of halogens is 2. The molecule has 0 N–H and O–H groups in total. The van der Waals surface area contributed by atoms with E-state index in [1.165, 1.54) is 12.1 Å². The third-order valence-electron chi connectivity index (χ3n) is 4.95. The first kappa shape index (κ1) is 17.7. The number of piperazine rings is 1. The molecule has 1 fully saturated rings. The number of aromatic nitrogens is 1. The molecule has 4 nitrogen and oxygen atoms in total. The molecule has 0 saturated carbocycles. The van der Waals surface area contributed by atoms with Crippen LogP contribution in [-0.4, -0.2) is 42.0 Å². The van der Waals surface area contributed by atoms with Crippen molar-refractivity contribution in [1.82, 2.24) is 9.88 Å². The molecule has 1 amide bonds. The van der Waals surface area contributed by atoms with Gasteiger partial charge in [-0.1, -0.05) is 29.8 Å². The number of fused-ring (bicyclic) bond motifs is 1. The minimum absolute atomic E-state index is 0.0874. The van der Waals surface area contributed by atoms with Crippen molar-refractivity contribution in [3.63, 3.8) is 0 Å². The van der Waals surface area contributed by atoms with Gasteiger partial charge in [0.25, 0.3) is 0 Å². The molecule has 6 heteroatoms. The molecule has 4 rings (SSSR count). The number of hydrogen-bond donors (Lipinski definition) is 0. The Morgan fingerprint density at radius 2 is 1.85 bits per heavy atom. The summed E-state index contributed by atoms with van der Waals surface area (Å²) in [6, 6.07) is 14.1. The van der Waals surface area contributed by atoms with Gasteiger partial charge >= 0.3 is 0 Å². The zero-order valence-electron chi connectivity index (χ0n) is 14.7. The standard InChI is InChI=1S/C21H19ClFN3O/c22-18-4-2-1-3-15(18)13-21(27)26-11-9-25(10-12-26)20-7-8-24-19-14-16(23)5-6-17(19)20/h1-8,14H,9-13H2. The maximum absolute atomic E-state index is 13.5. The first-order valence-electron chi connectivity index (χ1n) is 8.92. The lowest BCUT2D eigenvalue weighted by molar-refractivity contribution is -0.130. The lowest BCUT2D eigenvalue weighted by Gasteiger charge is -2.36. The van der Waals surface area contributed by atoms with Crippen molar-refractivity contribution in [1.29, 1.82) is 0 Å². The summed E-state index contributed by atoms with van der Waals surface area (Å²) in [6.07, 6.45) is 2.02. The van der Waals surface area contributed by atoms with E-state index in [9.17, 15) is 9.18 Å². The molecular formula is C21H19ClFN3O. The summed E-state index contributed by atoms with van der Waals surface area (Å²) in [6.45, 7) is 2.75. The zero-order valence-corrected chi connectivity index (χ0v) is 15.5. The first-order chi connectivity index (χ1) is 13.1. The summed E-state index contributed by atoms with van der Waals surface area (Å²) in [4.78, 5) is 21.0. The molecule has 1 aromatic heterocycles. The van der Waals surface area contributed by atoms with Crippen LogP contribution in [0.1, 0.15) is 5.56 Å². The number of rotatable bonds is 3. The van der Waals surface area contributed by atoms with E-state index < -0.39 is 0 Å². The van der Waals surface area contributed by atoms with E-state index in [2.05, 4.69) is 9.88 Å². The molecule has 0 radical (unpaired) electrons. The van der Waals surface area contributed by atoms with Gasteiger partial charge in [-0.25, -0.2) is 4.39 Å². The monoisotopic (exact) mass is 383 g/mol. The molecule has 0 unspecified atom stereocenters. The van der Waals surface area contributed by atoms with E-state index in [1.807, 2.05) is 29.2 Å². The summed E-state index contributed by atoms with van der Waals surface area (Å²) in [5, 5.41) is 1.55. The van der Waals surface area contributed by atoms with Crippen LogP contribution in [0, 0.1) is 5.82 Å². The van der Waals surface area contributed by atoms with E-state index in [1.54, 1.807) is 18.3 Å². The minimum atomic E-state index is -0.290. The average Bonchev–Trinajstić information content (AvgIpc) is 2.69. The van der Waals surface area contributed by atoms with Gasteiger partial charge in [0.05, 0.1) is 11.9 Å². The van der Waals surface area contributed by atoms with Crippen LogP contribution >= 0.6 is 11.6 Å². The molecule has 0 atom stereocenters. The zero-order chi connectivity index (χ0) is 18.8. The second kappa shape index (κ2) is 7.53. The highest BCUT2D eigenvalue weighted by Crippen LogP contribution is 2.27. The number of benzene rings is 2. The lowest BCUT2D eigenvalue weighted by atomic mass is 10.1. The normalized spacial score (nSPS) is 14.6. The fourth-order valence-electron chi connectivity index (χ4n) is 3.50. The molecule has 1 aliphatic rings. The van der Waals surface area contributed by atoms with Crippen molar-refractivity contribution in [2.24, 2.45) is 0 Å². The van der Waals surface area contributed by atoms with Crippen LogP contribution in [0.2, 0.25) is 5.02 Å². The van der Waals surface area contributed by atoms with Crippen molar-refractivity contribution in [2.45, 2.75) is 6.42 Å². The van der Waals surface area contributed by atoms with Gasteiger partial charge in [0.15, 0.2) is 0 Å². The molecule has 0 aliphatic carbocycles. The van der Waals surface area contributed by atoms with Crippen LogP contribution in [0.4, 0.5) is 10.1 Å². The SMILES string of the molecule is O=C(Cc1ccccc1Cl)N1CCN(c2ccnc3cc(F)ccc23)CC1. The first-order valence-corrected chi connectivity index (χ1v) is 9.30. The van der Waals surface area contributed by atoms with Gasteiger partial charge in [0, 0.05) is 54.5 Å². The van der Waals surface area contributed by atoms with Crippen LogP contribution in [0.25, 0.3) is 10.9 Å². The molecule has 1 aliphatic heterocycles. The predicted octanol–water partition coefficient (Wildman–Crippen LogP) is 3.92. The van der Waals surface area contributed by atoms with Gasteiger partial charge in [0.1, 0.15) is 5.82 Å². The second-order valence-electron chi connectivity index (χ2n) is 6.63. The van der Waals surface area contributed by atoms with E-state index in [0.717, 1.165) is 29.7 Å². The Labute approximate surface area is 162 Å². The van der Waals surface area contributed by atoms with Crippen molar-refractivity contribution in [3.8, 4) is 0 Å². The van der Waals surface area contributed by atoms with E-state index >= 15 is 0 Å². The summed E-state index contributed by atoms with van der Waals surface area (Å²) in [5.41, 5.74) is 2.52. The van der Waals surface area contributed by atoms with Crippen molar-refractivity contribution in [2.75, 3.05) is 31.1 Å². The minimum Gasteiger partial charge on any atom is -0.367 e. The molecule has 0 bridgehead atoms. The molecular weight excluding hydrogens is 365 g/mol. The summed E-state index contributed by atoms with van der Waals surface area (Å²) >= 11 is 6.17. The molecule has 1 saturated heterocycles. The van der Waals surface area contributed by atoms with Crippen molar-refractivity contribution in [3.05, 3.63) is 71.1 Å². The van der Waals surface area contributed by atoms with E-state index in [0.29, 0.717) is 30.0 Å². The summed E-state index contributed by atoms with van der Waals surface area (Å²) in [5.74, 6) is -0.202. The van der Waals surface area contributed by atoms with Gasteiger partial charge in [-0.3, -0.25) is 9.78 Å². The third kappa shape index (κ3) is 3.74. The fourth-order valence-corrected chi connectivity index (χ4v) is 3.70. The van der Waals surface area contributed by atoms with Crippen molar-refractivity contribution >= 4 is 34.1 Å². The predicted molar refractivity (Wildman–Crippen MR) is 106 cm³/mol. The summed E-state index contributed by atoms with van der Waals surface area (Å²) < 4.78 is 13.5. The maximum atomic E-state index is 13.5. The fraction of sp³-hybridized carbons (Fsp3) is 0.238. The Kier molecular flexibility index (Phi) is 4.94. The number of pyridine rings is 1. The molecule has 138 valence electrons. The maximum Gasteiger partial charge on any atom is 0.227 e. The van der Waals surface area contributed by atoms with Gasteiger partial charge < -0.3 is 9.80 Å². The van der Waals surface area contributed by atoms with Crippen LogP contribution in [-0.2, 0) is 11.2 Å².